The van der Waals surface area contributed by atoms with E-state index < -0.39 is 28.3 Å². The van der Waals surface area contributed by atoms with Crippen LogP contribution < -0.4 is 9.62 Å². The molecule has 0 radical (unpaired) electrons. The lowest BCUT2D eigenvalue weighted by molar-refractivity contribution is -0.119. The summed E-state index contributed by atoms with van der Waals surface area (Å²) < 4.78 is 41.7. The molecule has 1 aliphatic heterocycles. The van der Waals surface area contributed by atoms with Crippen LogP contribution >= 0.6 is 0 Å². The standard InChI is InChI=1S/C22H28FN3O3S/c1-18-9-11-19(12-10-18)30(28,29)26(21-8-3-2-7-20(21)23)17-22(27)24-13-6-16-25-14-4-5-15-25/h2-3,7-12H,4-6,13-17H2,1H3,(H,24,27). The molecule has 2 aromatic rings. The van der Waals surface area contributed by atoms with E-state index in [4.69, 9.17) is 0 Å². The number of anilines is 1. The molecule has 0 saturated carbocycles. The number of para-hydroxylation sites is 1. The second kappa shape index (κ2) is 10.0. The van der Waals surface area contributed by atoms with Crippen LogP contribution in [0.5, 0.6) is 0 Å². The fourth-order valence-electron chi connectivity index (χ4n) is 3.51. The van der Waals surface area contributed by atoms with Gasteiger partial charge in [-0.15, -0.1) is 0 Å². The highest BCUT2D eigenvalue weighted by Crippen LogP contribution is 2.26. The molecule has 1 fully saturated rings. The molecule has 0 unspecified atom stereocenters. The highest BCUT2D eigenvalue weighted by Gasteiger charge is 2.29. The van der Waals surface area contributed by atoms with E-state index in [0.717, 1.165) is 35.9 Å². The lowest BCUT2D eigenvalue weighted by Gasteiger charge is -2.24. The summed E-state index contributed by atoms with van der Waals surface area (Å²) in [5.74, 6) is -1.16. The van der Waals surface area contributed by atoms with Gasteiger partial charge in [0, 0.05) is 6.54 Å². The molecule has 0 spiro atoms. The number of hydrogen-bond donors (Lipinski definition) is 1. The number of sulfonamides is 1. The SMILES string of the molecule is Cc1ccc(S(=O)(=O)N(CC(=O)NCCCN2CCCC2)c2ccccc2F)cc1. The Morgan fingerprint density at radius 3 is 2.43 bits per heavy atom. The Hall–Kier alpha value is -2.45. The van der Waals surface area contributed by atoms with Gasteiger partial charge in [-0.1, -0.05) is 29.8 Å². The fraction of sp³-hybridized carbons (Fsp3) is 0.409. The van der Waals surface area contributed by atoms with E-state index in [2.05, 4.69) is 10.2 Å². The molecular weight excluding hydrogens is 405 g/mol. The van der Waals surface area contributed by atoms with Crippen LogP contribution in [-0.2, 0) is 14.8 Å². The summed E-state index contributed by atoms with van der Waals surface area (Å²) in [5.41, 5.74) is 0.757. The van der Waals surface area contributed by atoms with Crippen LogP contribution in [0.25, 0.3) is 0 Å². The van der Waals surface area contributed by atoms with E-state index in [9.17, 15) is 17.6 Å². The Labute approximate surface area is 177 Å². The molecule has 0 atom stereocenters. The smallest absolute Gasteiger partial charge is 0.264 e. The molecule has 0 aromatic heterocycles. The van der Waals surface area contributed by atoms with Crippen LogP contribution in [0.1, 0.15) is 24.8 Å². The lowest BCUT2D eigenvalue weighted by atomic mass is 10.2. The zero-order valence-electron chi connectivity index (χ0n) is 17.2. The lowest BCUT2D eigenvalue weighted by Crippen LogP contribution is -2.41. The molecule has 0 bridgehead atoms. The molecular formula is C22H28FN3O3S. The quantitative estimate of drug-likeness (QED) is 0.618. The molecule has 1 amide bonds. The van der Waals surface area contributed by atoms with Crippen LogP contribution in [-0.4, -0.2) is 51.9 Å². The highest BCUT2D eigenvalue weighted by molar-refractivity contribution is 7.92. The van der Waals surface area contributed by atoms with E-state index in [1.807, 2.05) is 6.92 Å². The maximum atomic E-state index is 14.4. The third-order valence-electron chi connectivity index (χ3n) is 5.19. The summed E-state index contributed by atoms with van der Waals surface area (Å²) >= 11 is 0. The minimum atomic E-state index is -4.11. The molecule has 1 N–H and O–H groups in total. The first kappa shape index (κ1) is 22.2. The van der Waals surface area contributed by atoms with Crippen LogP contribution in [0.2, 0.25) is 0 Å². The van der Waals surface area contributed by atoms with E-state index in [1.165, 1.54) is 43.2 Å². The van der Waals surface area contributed by atoms with Crippen molar-refractivity contribution in [2.45, 2.75) is 31.1 Å². The number of nitrogens with one attached hydrogen (secondary N) is 1. The third-order valence-corrected chi connectivity index (χ3v) is 6.96. The van der Waals surface area contributed by atoms with E-state index in [0.29, 0.717) is 6.54 Å². The number of halogens is 1. The first-order valence-corrected chi connectivity index (χ1v) is 11.6. The number of hydrogen-bond acceptors (Lipinski definition) is 4. The summed E-state index contributed by atoms with van der Waals surface area (Å²) in [4.78, 5) is 14.9. The Balaban J connectivity index is 1.72. The zero-order chi connectivity index (χ0) is 21.6. The molecule has 1 aliphatic rings. The van der Waals surface area contributed by atoms with E-state index in [1.54, 1.807) is 18.2 Å². The third kappa shape index (κ3) is 5.58. The fourth-order valence-corrected chi connectivity index (χ4v) is 4.94. The number of carbonyl (C=O) groups excluding carboxylic acids is 1. The predicted octanol–water partition coefficient (Wildman–Crippen LogP) is 2.93. The normalized spacial score (nSPS) is 14.6. The predicted molar refractivity (Wildman–Crippen MR) is 115 cm³/mol. The van der Waals surface area contributed by atoms with Crippen LogP contribution in [0.3, 0.4) is 0 Å². The second-order valence-electron chi connectivity index (χ2n) is 7.53. The van der Waals surface area contributed by atoms with Gasteiger partial charge in [-0.2, -0.15) is 0 Å². The van der Waals surface area contributed by atoms with Crippen molar-refractivity contribution in [3.63, 3.8) is 0 Å². The van der Waals surface area contributed by atoms with Gasteiger partial charge in [-0.25, -0.2) is 12.8 Å². The highest BCUT2D eigenvalue weighted by atomic mass is 32.2. The van der Waals surface area contributed by atoms with Crippen LogP contribution in [0.4, 0.5) is 10.1 Å². The number of carbonyl (C=O) groups is 1. The monoisotopic (exact) mass is 433 g/mol. The Morgan fingerprint density at radius 2 is 1.77 bits per heavy atom. The van der Waals surface area contributed by atoms with Gasteiger partial charge in [0.1, 0.15) is 12.4 Å². The van der Waals surface area contributed by atoms with E-state index in [-0.39, 0.29) is 10.6 Å². The van der Waals surface area contributed by atoms with Gasteiger partial charge in [-0.3, -0.25) is 9.10 Å². The van der Waals surface area contributed by atoms with Crippen molar-refractivity contribution in [1.82, 2.24) is 10.2 Å². The van der Waals surface area contributed by atoms with Gasteiger partial charge in [0.2, 0.25) is 5.91 Å². The largest absolute Gasteiger partial charge is 0.354 e. The average molecular weight is 434 g/mol. The second-order valence-corrected chi connectivity index (χ2v) is 9.39. The number of rotatable bonds is 9. The van der Waals surface area contributed by atoms with Gasteiger partial charge in [-0.05, 0) is 70.1 Å². The van der Waals surface area contributed by atoms with Gasteiger partial charge < -0.3 is 10.2 Å². The molecule has 0 aliphatic carbocycles. The van der Waals surface area contributed by atoms with Crippen LogP contribution in [0.15, 0.2) is 53.4 Å². The first-order chi connectivity index (χ1) is 14.4. The Kier molecular flexibility index (Phi) is 7.44. The van der Waals surface area contributed by atoms with Crippen molar-refractivity contribution in [3.8, 4) is 0 Å². The molecule has 8 heteroatoms. The number of likely N-dealkylation sites (tertiary alicyclic amines) is 1. The van der Waals surface area contributed by atoms with Gasteiger partial charge >= 0.3 is 0 Å². The maximum Gasteiger partial charge on any atom is 0.264 e. The Morgan fingerprint density at radius 1 is 1.10 bits per heavy atom. The minimum absolute atomic E-state index is 0.0122. The van der Waals surface area contributed by atoms with Gasteiger partial charge in [0.05, 0.1) is 10.6 Å². The molecule has 1 heterocycles. The van der Waals surface area contributed by atoms with Crippen molar-refractivity contribution >= 4 is 21.6 Å². The Bertz CT molecular complexity index is 958. The van der Waals surface area contributed by atoms with Crippen molar-refractivity contribution in [1.29, 1.82) is 0 Å². The summed E-state index contributed by atoms with van der Waals surface area (Å²) in [7, 11) is -4.11. The zero-order valence-corrected chi connectivity index (χ0v) is 18.0. The number of nitrogens with zero attached hydrogens (tertiary/aromatic N) is 2. The van der Waals surface area contributed by atoms with Crippen molar-refractivity contribution < 1.29 is 17.6 Å². The first-order valence-electron chi connectivity index (χ1n) is 10.2. The topological polar surface area (TPSA) is 69.7 Å². The molecule has 2 aromatic carbocycles. The summed E-state index contributed by atoms with van der Waals surface area (Å²) in [6.07, 6.45) is 3.21. The van der Waals surface area contributed by atoms with Gasteiger partial charge in [0.25, 0.3) is 10.0 Å². The van der Waals surface area contributed by atoms with E-state index >= 15 is 0 Å². The number of amides is 1. The average Bonchev–Trinajstić information content (AvgIpc) is 3.24. The minimum Gasteiger partial charge on any atom is -0.354 e. The van der Waals surface area contributed by atoms with Crippen molar-refractivity contribution in [2.24, 2.45) is 0 Å². The number of benzene rings is 2. The maximum absolute atomic E-state index is 14.4. The van der Waals surface area contributed by atoms with Gasteiger partial charge in [0.15, 0.2) is 0 Å². The summed E-state index contributed by atoms with van der Waals surface area (Å²) in [6.45, 7) is 4.89. The summed E-state index contributed by atoms with van der Waals surface area (Å²) in [5, 5.41) is 2.76. The molecule has 1 saturated heterocycles. The summed E-state index contributed by atoms with van der Waals surface area (Å²) in [6, 6.07) is 11.8. The number of aryl methyl sites for hydroxylation is 1. The van der Waals surface area contributed by atoms with Crippen molar-refractivity contribution in [2.75, 3.05) is 37.0 Å². The van der Waals surface area contributed by atoms with Crippen molar-refractivity contribution in [3.05, 3.63) is 59.9 Å². The molecule has 30 heavy (non-hydrogen) atoms. The molecule has 6 nitrogen and oxygen atoms in total. The van der Waals surface area contributed by atoms with Crippen LogP contribution in [0, 0.1) is 12.7 Å². The molecule has 3 rings (SSSR count). The molecule has 162 valence electrons.